The molecule has 7 heteroatoms. The average Bonchev–Trinajstić information content (AvgIpc) is 2.27. The van der Waals surface area contributed by atoms with Crippen LogP contribution >= 0.6 is 11.6 Å². The highest BCUT2D eigenvalue weighted by Gasteiger charge is 2.38. The fraction of sp³-hybridized carbons (Fsp3) is 0.400. The van der Waals surface area contributed by atoms with E-state index in [9.17, 15) is 8.78 Å². The number of halogens is 3. The molecule has 0 fully saturated rings. The van der Waals surface area contributed by atoms with E-state index in [0.29, 0.717) is 11.5 Å². The van der Waals surface area contributed by atoms with Gasteiger partial charge in [0.25, 0.3) is 0 Å². The smallest absolute Gasteiger partial charge is 0.342 e. The highest BCUT2D eigenvalue weighted by molar-refractivity contribution is 6.22. The molecule has 0 spiro atoms. The number of hydrazine groups is 1. The number of methoxy groups -OCH3 is 2. The monoisotopic (exact) mass is 266 g/mol. The third-order valence-corrected chi connectivity index (χ3v) is 2.42. The minimum Gasteiger partial charge on any atom is -0.497 e. The number of nitrogens with two attached hydrogens (primary N) is 1. The Morgan fingerprint density at radius 1 is 1.24 bits per heavy atom. The Hall–Kier alpha value is -1.11. The number of rotatable bonds is 5. The molecule has 1 aromatic carbocycles. The minimum atomic E-state index is -3.52. The summed E-state index contributed by atoms with van der Waals surface area (Å²) in [4.78, 5) is 0. The molecule has 1 atom stereocenters. The zero-order valence-electron chi connectivity index (χ0n) is 9.34. The van der Waals surface area contributed by atoms with Gasteiger partial charge in [-0.1, -0.05) is 0 Å². The van der Waals surface area contributed by atoms with Gasteiger partial charge in [-0.2, -0.15) is 8.78 Å². The van der Waals surface area contributed by atoms with Gasteiger partial charge in [0.1, 0.15) is 17.5 Å². The van der Waals surface area contributed by atoms with Crippen LogP contribution in [0.2, 0.25) is 0 Å². The molecule has 17 heavy (non-hydrogen) atoms. The van der Waals surface area contributed by atoms with Gasteiger partial charge in [-0.15, -0.1) is 0 Å². The first-order chi connectivity index (χ1) is 7.92. The van der Waals surface area contributed by atoms with E-state index in [1.807, 2.05) is 5.43 Å². The molecule has 0 aliphatic heterocycles. The molecule has 0 aromatic heterocycles. The van der Waals surface area contributed by atoms with Gasteiger partial charge in [-0.3, -0.25) is 5.84 Å². The fourth-order valence-corrected chi connectivity index (χ4v) is 1.56. The van der Waals surface area contributed by atoms with Crippen molar-refractivity contribution in [1.29, 1.82) is 0 Å². The van der Waals surface area contributed by atoms with E-state index in [-0.39, 0.29) is 5.56 Å². The molecular formula is C10H13ClF2N2O2. The number of benzene rings is 1. The molecule has 0 aliphatic rings. The number of hydrogen-bond donors (Lipinski definition) is 2. The van der Waals surface area contributed by atoms with Crippen molar-refractivity contribution in [3.05, 3.63) is 23.8 Å². The van der Waals surface area contributed by atoms with E-state index >= 15 is 0 Å². The van der Waals surface area contributed by atoms with Crippen LogP contribution in [0.25, 0.3) is 0 Å². The van der Waals surface area contributed by atoms with Gasteiger partial charge in [0, 0.05) is 6.07 Å². The first-order valence-corrected chi connectivity index (χ1v) is 5.06. The van der Waals surface area contributed by atoms with Crippen LogP contribution < -0.4 is 20.7 Å². The SMILES string of the molecule is COc1cc(OC)cc(C(NN)C(F)(F)Cl)c1. The number of hydrogen-bond acceptors (Lipinski definition) is 4. The van der Waals surface area contributed by atoms with Crippen LogP contribution in [0.15, 0.2) is 18.2 Å². The Morgan fingerprint density at radius 3 is 2.00 bits per heavy atom. The van der Waals surface area contributed by atoms with Gasteiger partial charge in [0.15, 0.2) is 0 Å². The maximum Gasteiger partial charge on any atom is 0.342 e. The molecule has 4 nitrogen and oxygen atoms in total. The summed E-state index contributed by atoms with van der Waals surface area (Å²) in [5.41, 5.74) is 2.14. The summed E-state index contributed by atoms with van der Waals surface area (Å²) in [6.07, 6.45) is 0. The normalized spacial score (nSPS) is 13.3. The Bertz CT molecular complexity index is 363. The first kappa shape index (κ1) is 14.0. The van der Waals surface area contributed by atoms with Crippen molar-refractivity contribution in [2.75, 3.05) is 14.2 Å². The van der Waals surface area contributed by atoms with E-state index in [2.05, 4.69) is 0 Å². The molecular weight excluding hydrogens is 254 g/mol. The highest BCUT2D eigenvalue weighted by atomic mass is 35.5. The summed E-state index contributed by atoms with van der Waals surface area (Å²) in [5, 5.41) is -3.52. The van der Waals surface area contributed by atoms with Crippen LogP contribution in [0, 0.1) is 0 Å². The van der Waals surface area contributed by atoms with Crippen LogP contribution in [0.3, 0.4) is 0 Å². The van der Waals surface area contributed by atoms with E-state index < -0.39 is 11.4 Å². The quantitative estimate of drug-likeness (QED) is 0.486. The van der Waals surface area contributed by atoms with Crippen molar-refractivity contribution in [1.82, 2.24) is 5.43 Å². The fourth-order valence-electron chi connectivity index (χ4n) is 1.38. The first-order valence-electron chi connectivity index (χ1n) is 4.68. The molecule has 0 saturated heterocycles. The van der Waals surface area contributed by atoms with Gasteiger partial charge in [-0.05, 0) is 29.3 Å². The third kappa shape index (κ3) is 3.42. The topological polar surface area (TPSA) is 56.5 Å². The van der Waals surface area contributed by atoms with Gasteiger partial charge < -0.3 is 9.47 Å². The number of ether oxygens (including phenoxy) is 2. The molecule has 0 heterocycles. The van der Waals surface area contributed by atoms with Crippen molar-refractivity contribution in [2.45, 2.75) is 11.4 Å². The highest BCUT2D eigenvalue weighted by Crippen LogP contribution is 2.37. The van der Waals surface area contributed by atoms with Crippen LogP contribution in [-0.4, -0.2) is 19.6 Å². The van der Waals surface area contributed by atoms with E-state index in [1.165, 1.54) is 26.4 Å². The van der Waals surface area contributed by atoms with Crippen LogP contribution in [0.1, 0.15) is 11.6 Å². The predicted octanol–water partition coefficient (Wildman–Crippen LogP) is 2.04. The summed E-state index contributed by atoms with van der Waals surface area (Å²) in [6, 6.07) is 2.84. The molecule has 3 N–H and O–H groups in total. The summed E-state index contributed by atoms with van der Waals surface area (Å²) in [5.74, 6) is 5.83. The Balaban J connectivity index is 3.19. The van der Waals surface area contributed by atoms with Crippen molar-refractivity contribution >= 4 is 11.6 Å². The maximum atomic E-state index is 13.1. The van der Waals surface area contributed by atoms with Gasteiger partial charge in [0.05, 0.1) is 14.2 Å². The molecule has 1 rings (SSSR count). The lowest BCUT2D eigenvalue weighted by molar-refractivity contribution is 0.0496. The minimum absolute atomic E-state index is 0.170. The van der Waals surface area contributed by atoms with Crippen molar-refractivity contribution in [3.63, 3.8) is 0 Å². The summed E-state index contributed by atoms with van der Waals surface area (Å²) in [7, 11) is 2.84. The third-order valence-electron chi connectivity index (χ3n) is 2.20. The molecule has 1 aromatic rings. The van der Waals surface area contributed by atoms with Crippen LogP contribution in [-0.2, 0) is 0 Å². The van der Waals surface area contributed by atoms with E-state index in [1.54, 1.807) is 6.07 Å². The molecule has 0 radical (unpaired) electrons. The molecule has 96 valence electrons. The van der Waals surface area contributed by atoms with Gasteiger partial charge in [-0.25, -0.2) is 5.43 Å². The molecule has 0 aliphatic carbocycles. The van der Waals surface area contributed by atoms with Crippen LogP contribution in [0.4, 0.5) is 8.78 Å². The second kappa shape index (κ2) is 5.48. The number of nitrogens with one attached hydrogen (secondary N) is 1. The predicted molar refractivity (Wildman–Crippen MR) is 60.4 cm³/mol. The van der Waals surface area contributed by atoms with E-state index in [4.69, 9.17) is 26.9 Å². The maximum absolute atomic E-state index is 13.1. The summed E-state index contributed by atoms with van der Waals surface area (Å²) in [6.45, 7) is 0. The molecule has 1 unspecified atom stereocenters. The zero-order chi connectivity index (χ0) is 13.1. The lowest BCUT2D eigenvalue weighted by Crippen LogP contribution is -2.37. The lowest BCUT2D eigenvalue weighted by atomic mass is 10.1. The Labute approximate surface area is 103 Å². The Morgan fingerprint density at radius 2 is 1.71 bits per heavy atom. The second-order valence-electron chi connectivity index (χ2n) is 3.29. The van der Waals surface area contributed by atoms with Gasteiger partial charge >= 0.3 is 5.38 Å². The zero-order valence-corrected chi connectivity index (χ0v) is 10.1. The molecule has 0 amide bonds. The number of alkyl halides is 3. The molecule has 0 saturated carbocycles. The van der Waals surface area contributed by atoms with Crippen LogP contribution in [0.5, 0.6) is 11.5 Å². The van der Waals surface area contributed by atoms with Crippen molar-refractivity contribution < 1.29 is 18.3 Å². The van der Waals surface area contributed by atoms with Gasteiger partial charge in [0.2, 0.25) is 0 Å². The lowest BCUT2D eigenvalue weighted by Gasteiger charge is -2.22. The summed E-state index contributed by atoms with van der Waals surface area (Å²) >= 11 is 4.97. The Kier molecular flexibility index (Phi) is 4.50. The average molecular weight is 267 g/mol. The largest absolute Gasteiger partial charge is 0.497 e. The van der Waals surface area contributed by atoms with Crippen molar-refractivity contribution in [2.24, 2.45) is 5.84 Å². The molecule has 0 bridgehead atoms. The van der Waals surface area contributed by atoms with E-state index in [0.717, 1.165) is 0 Å². The second-order valence-corrected chi connectivity index (χ2v) is 3.79. The van der Waals surface area contributed by atoms with Crippen molar-refractivity contribution in [3.8, 4) is 11.5 Å². The summed E-state index contributed by atoms with van der Waals surface area (Å²) < 4.78 is 36.1. The standard InChI is InChI=1S/C10H13ClF2N2O2/c1-16-7-3-6(4-8(5-7)17-2)9(15-14)10(11,12)13/h3-5,9,15H,14H2,1-2H3.